The minimum Gasteiger partial charge on any atom is -0.464 e. The Kier molecular flexibility index (Phi) is 4.36. The molecule has 1 fully saturated rings. The van der Waals surface area contributed by atoms with E-state index >= 15 is 0 Å². The maximum atomic E-state index is 12.6. The smallest absolute Gasteiger partial charge is 0.328 e. The van der Waals surface area contributed by atoms with Crippen molar-refractivity contribution in [3.63, 3.8) is 0 Å². The highest BCUT2D eigenvalue weighted by Crippen LogP contribution is 2.21. The molecular formula is C16H18N4O3. The Morgan fingerprint density at radius 3 is 2.91 bits per heavy atom. The Bertz CT molecular complexity index is 682. The lowest BCUT2D eigenvalue weighted by atomic mass is 10.2. The summed E-state index contributed by atoms with van der Waals surface area (Å²) in [4.78, 5) is 34.4. The maximum absolute atomic E-state index is 12.6. The highest BCUT2D eigenvalue weighted by atomic mass is 16.5. The minimum absolute atomic E-state index is 0.190. The summed E-state index contributed by atoms with van der Waals surface area (Å²) in [6.07, 6.45) is 8.05. The molecule has 23 heavy (non-hydrogen) atoms. The van der Waals surface area contributed by atoms with Gasteiger partial charge in [-0.3, -0.25) is 9.36 Å². The SMILES string of the molecule is CCOC(=O)C1CCCN1C(=O)c1ccc(-n2ccnc2)nc1. The third kappa shape index (κ3) is 3.08. The second-order valence-corrected chi connectivity index (χ2v) is 5.28. The van der Waals surface area contributed by atoms with Crippen LogP contribution in [0.2, 0.25) is 0 Å². The zero-order chi connectivity index (χ0) is 16.2. The van der Waals surface area contributed by atoms with Crippen molar-refractivity contribution in [1.82, 2.24) is 19.4 Å². The zero-order valence-electron chi connectivity index (χ0n) is 12.9. The van der Waals surface area contributed by atoms with Crippen molar-refractivity contribution < 1.29 is 14.3 Å². The van der Waals surface area contributed by atoms with Crippen LogP contribution in [-0.4, -0.2) is 50.5 Å². The Hall–Kier alpha value is -2.70. The topological polar surface area (TPSA) is 77.3 Å². The summed E-state index contributed by atoms with van der Waals surface area (Å²) in [5.41, 5.74) is 0.463. The van der Waals surface area contributed by atoms with E-state index in [4.69, 9.17) is 4.74 Å². The molecule has 1 unspecified atom stereocenters. The summed E-state index contributed by atoms with van der Waals surface area (Å²) in [6, 6.07) is 2.98. The van der Waals surface area contributed by atoms with Gasteiger partial charge in [-0.2, -0.15) is 0 Å². The number of nitrogens with zero attached hydrogens (tertiary/aromatic N) is 4. The molecule has 2 aromatic heterocycles. The lowest BCUT2D eigenvalue weighted by molar-refractivity contribution is -0.147. The second-order valence-electron chi connectivity index (χ2n) is 5.28. The molecule has 1 aliphatic rings. The van der Waals surface area contributed by atoms with Crippen molar-refractivity contribution in [3.05, 3.63) is 42.6 Å². The monoisotopic (exact) mass is 314 g/mol. The lowest BCUT2D eigenvalue weighted by Crippen LogP contribution is -2.41. The molecule has 0 saturated carbocycles. The van der Waals surface area contributed by atoms with E-state index in [9.17, 15) is 9.59 Å². The van der Waals surface area contributed by atoms with Gasteiger partial charge in [-0.25, -0.2) is 14.8 Å². The average Bonchev–Trinajstić information content (AvgIpc) is 3.26. The molecule has 1 atom stereocenters. The van der Waals surface area contributed by atoms with Gasteiger partial charge in [0.2, 0.25) is 0 Å². The molecule has 7 nitrogen and oxygen atoms in total. The van der Waals surface area contributed by atoms with Crippen LogP contribution in [0.1, 0.15) is 30.1 Å². The van der Waals surface area contributed by atoms with Gasteiger partial charge in [-0.05, 0) is 31.9 Å². The van der Waals surface area contributed by atoms with E-state index in [2.05, 4.69) is 9.97 Å². The van der Waals surface area contributed by atoms with Crippen LogP contribution in [0.25, 0.3) is 5.82 Å². The van der Waals surface area contributed by atoms with E-state index in [1.54, 1.807) is 47.2 Å². The molecule has 120 valence electrons. The molecule has 7 heteroatoms. The van der Waals surface area contributed by atoms with Crippen LogP contribution in [0, 0.1) is 0 Å². The fraction of sp³-hybridized carbons (Fsp3) is 0.375. The largest absolute Gasteiger partial charge is 0.464 e. The van der Waals surface area contributed by atoms with Crippen LogP contribution >= 0.6 is 0 Å². The summed E-state index contributed by atoms with van der Waals surface area (Å²) in [5, 5.41) is 0. The van der Waals surface area contributed by atoms with Crippen LogP contribution < -0.4 is 0 Å². The fourth-order valence-electron chi connectivity index (χ4n) is 2.72. The molecule has 1 saturated heterocycles. The summed E-state index contributed by atoms with van der Waals surface area (Å²) in [6.45, 7) is 2.64. The number of esters is 1. The average molecular weight is 314 g/mol. The van der Waals surface area contributed by atoms with E-state index in [1.165, 1.54) is 6.20 Å². The number of likely N-dealkylation sites (tertiary alicyclic amines) is 1. The first-order valence-electron chi connectivity index (χ1n) is 7.62. The third-order valence-electron chi connectivity index (χ3n) is 3.84. The standard InChI is InChI=1S/C16H18N4O3/c1-2-23-16(22)13-4-3-8-20(13)15(21)12-5-6-14(18-10-12)19-9-7-17-11-19/h5-7,9-11,13H,2-4,8H2,1H3. The number of hydrogen-bond acceptors (Lipinski definition) is 5. The van der Waals surface area contributed by atoms with Gasteiger partial charge >= 0.3 is 5.97 Å². The molecule has 2 aromatic rings. The lowest BCUT2D eigenvalue weighted by Gasteiger charge is -2.23. The number of ether oxygens (including phenoxy) is 1. The second kappa shape index (κ2) is 6.60. The maximum Gasteiger partial charge on any atom is 0.328 e. The van der Waals surface area contributed by atoms with Crippen molar-refractivity contribution in [1.29, 1.82) is 0 Å². The molecule has 0 radical (unpaired) electrons. The normalized spacial score (nSPS) is 17.3. The van der Waals surface area contributed by atoms with Gasteiger partial charge in [-0.15, -0.1) is 0 Å². The Balaban J connectivity index is 1.76. The van der Waals surface area contributed by atoms with Crippen molar-refractivity contribution >= 4 is 11.9 Å². The zero-order valence-corrected chi connectivity index (χ0v) is 12.9. The molecule has 0 spiro atoms. The van der Waals surface area contributed by atoms with Gasteiger partial charge in [0.15, 0.2) is 0 Å². The molecule has 1 amide bonds. The fourth-order valence-corrected chi connectivity index (χ4v) is 2.72. The summed E-state index contributed by atoms with van der Waals surface area (Å²) in [7, 11) is 0. The van der Waals surface area contributed by atoms with Gasteiger partial charge in [0, 0.05) is 25.1 Å². The number of carbonyl (C=O) groups excluding carboxylic acids is 2. The van der Waals surface area contributed by atoms with Crippen molar-refractivity contribution in [2.45, 2.75) is 25.8 Å². The van der Waals surface area contributed by atoms with E-state index in [0.717, 1.165) is 6.42 Å². The molecule has 0 aromatic carbocycles. The number of aromatic nitrogens is 3. The van der Waals surface area contributed by atoms with Crippen LogP contribution in [0.15, 0.2) is 37.1 Å². The molecule has 3 rings (SSSR count). The first kappa shape index (κ1) is 15.2. The molecule has 0 aliphatic carbocycles. The van der Waals surface area contributed by atoms with Gasteiger partial charge < -0.3 is 9.64 Å². The van der Waals surface area contributed by atoms with Crippen LogP contribution in [0.4, 0.5) is 0 Å². The van der Waals surface area contributed by atoms with E-state index in [-0.39, 0.29) is 11.9 Å². The predicted molar refractivity (Wildman–Crippen MR) is 82.1 cm³/mol. The van der Waals surface area contributed by atoms with Crippen molar-refractivity contribution in [3.8, 4) is 5.82 Å². The third-order valence-corrected chi connectivity index (χ3v) is 3.84. The molecule has 0 bridgehead atoms. The van der Waals surface area contributed by atoms with Gasteiger partial charge in [0.1, 0.15) is 18.2 Å². The Labute approximate surface area is 133 Å². The van der Waals surface area contributed by atoms with E-state index < -0.39 is 6.04 Å². The number of pyridine rings is 1. The minimum atomic E-state index is -0.490. The van der Waals surface area contributed by atoms with Gasteiger partial charge in [-0.1, -0.05) is 0 Å². The quantitative estimate of drug-likeness (QED) is 0.798. The number of rotatable bonds is 4. The summed E-state index contributed by atoms with van der Waals surface area (Å²) in [5.74, 6) is 0.161. The number of amides is 1. The van der Waals surface area contributed by atoms with Crippen molar-refractivity contribution in [2.75, 3.05) is 13.2 Å². The summed E-state index contributed by atoms with van der Waals surface area (Å²) >= 11 is 0. The van der Waals surface area contributed by atoms with Crippen LogP contribution in [-0.2, 0) is 9.53 Å². The number of imidazole rings is 1. The molecular weight excluding hydrogens is 296 g/mol. The van der Waals surface area contributed by atoms with Gasteiger partial charge in [0.25, 0.3) is 5.91 Å². The van der Waals surface area contributed by atoms with Crippen LogP contribution in [0.3, 0.4) is 0 Å². The molecule has 1 aliphatic heterocycles. The van der Waals surface area contributed by atoms with Crippen molar-refractivity contribution in [2.24, 2.45) is 0 Å². The molecule has 3 heterocycles. The highest BCUT2D eigenvalue weighted by molar-refractivity contribution is 5.97. The molecule has 0 N–H and O–H groups in total. The number of carbonyl (C=O) groups is 2. The Morgan fingerprint density at radius 1 is 1.39 bits per heavy atom. The predicted octanol–water partition coefficient (Wildman–Crippen LogP) is 1.43. The van der Waals surface area contributed by atoms with E-state index in [0.29, 0.717) is 31.0 Å². The number of hydrogen-bond donors (Lipinski definition) is 0. The van der Waals surface area contributed by atoms with Gasteiger partial charge in [0.05, 0.1) is 12.2 Å². The first-order valence-corrected chi connectivity index (χ1v) is 7.62. The highest BCUT2D eigenvalue weighted by Gasteiger charge is 2.35. The van der Waals surface area contributed by atoms with Crippen LogP contribution in [0.5, 0.6) is 0 Å². The summed E-state index contributed by atoms with van der Waals surface area (Å²) < 4.78 is 6.81. The Morgan fingerprint density at radius 2 is 2.26 bits per heavy atom. The first-order chi connectivity index (χ1) is 11.2. The van der Waals surface area contributed by atoms with E-state index in [1.807, 2.05) is 0 Å².